The van der Waals surface area contributed by atoms with E-state index in [4.69, 9.17) is 5.26 Å². The zero-order chi connectivity index (χ0) is 19.4. The van der Waals surface area contributed by atoms with Crippen LogP contribution in [0, 0.1) is 24.2 Å². The summed E-state index contributed by atoms with van der Waals surface area (Å²) in [4.78, 5) is 13.6. The predicted molar refractivity (Wildman–Crippen MR) is 105 cm³/mol. The Balaban J connectivity index is 1.66. The number of nitrogens with zero attached hydrogens (tertiary/aromatic N) is 2. The number of nitriles is 1. The van der Waals surface area contributed by atoms with Crippen molar-refractivity contribution in [2.75, 3.05) is 18.4 Å². The Morgan fingerprint density at radius 1 is 1.30 bits per heavy atom. The van der Waals surface area contributed by atoms with Gasteiger partial charge in [-0.1, -0.05) is 12.1 Å². The van der Waals surface area contributed by atoms with E-state index >= 15 is 0 Å². The minimum Gasteiger partial charge on any atom is -0.326 e. The van der Waals surface area contributed by atoms with E-state index in [9.17, 15) is 13.2 Å². The van der Waals surface area contributed by atoms with Gasteiger partial charge in [0.05, 0.1) is 18.4 Å². The average molecular weight is 404 g/mol. The molecule has 0 aliphatic carbocycles. The summed E-state index contributed by atoms with van der Waals surface area (Å²) in [5, 5.41) is 11.6. The van der Waals surface area contributed by atoms with Crippen molar-refractivity contribution in [2.45, 2.75) is 30.4 Å². The molecule has 142 valence electrons. The summed E-state index contributed by atoms with van der Waals surface area (Å²) in [6, 6.07) is 12.6. The molecule has 1 atom stereocenters. The largest absolute Gasteiger partial charge is 0.326 e. The summed E-state index contributed by atoms with van der Waals surface area (Å²) in [7, 11) is -3.55. The van der Waals surface area contributed by atoms with Crippen molar-refractivity contribution in [3.63, 3.8) is 0 Å². The zero-order valence-corrected chi connectivity index (χ0v) is 16.6. The maximum atomic E-state index is 12.8. The number of amides is 1. The Morgan fingerprint density at radius 3 is 2.67 bits per heavy atom. The highest BCUT2D eigenvalue weighted by Crippen LogP contribution is 2.28. The minimum absolute atomic E-state index is 0.176. The number of hydrogen-bond acceptors (Lipinski definition) is 5. The first-order chi connectivity index (χ1) is 12.9. The number of rotatable bonds is 5. The number of sulfonamides is 1. The zero-order valence-electron chi connectivity index (χ0n) is 15.0. The molecule has 1 N–H and O–H groups in total. The van der Waals surface area contributed by atoms with E-state index in [1.165, 1.54) is 15.6 Å². The Morgan fingerprint density at radius 2 is 2.04 bits per heavy atom. The fraction of sp³-hybridized carbons (Fsp3) is 0.368. The van der Waals surface area contributed by atoms with Crippen LogP contribution in [-0.2, 0) is 21.2 Å². The Bertz CT molecular complexity index is 959. The van der Waals surface area contributed by atoms with Crippen molar-refractivity contribution >= 4 is 33.0 Å². The van der Waals surface area contributed by atoms with Gasteiger partial charge in [0.1, 0.15) is 4.21 Å². The van der Waals surface area contributed by atoms with Gasteiger partial charge in [-0.2, -0.15) is 9.57 Å². The first-order valence-corrected chi connectivity index (χ1v) is 11.0. The molecule has 1 fully saturated rings. The number of aryl methyl sites for hydroxylation is 1. The van der Waals surface area contributed by atoms with Gasteiger partial charge in [0, 0.05) is 23.7 Å². The lowest BCUT2D eigenvalue weighted by atomic mass is 9.98. The molecule has 0 saturated carbocycles. The number of nitrogens with one attached hydrogen (secondary N) is 1. The Kier molecular flexibility index (Phi) is 5.95. The van der Waals surface area contributed by atoms with E-state index < -0.39 is 10.0 Å². The number of thiophene rings is 1. The first kappa shape index (κ1) is 19.5. The Labute approximate surface area is 163 Å². The monoisotopic (exact) mass is 403 g/mol. The van der Waals surface area contributed by atoms with Gasteiger partial charge < -0.3 is 5.32 Å². The molecule has 2 aromatic rings. The van der Waals surface area contributed by atoms with Crippen LogP contribution in [0.1, 0.15) is 23.3 Å². The molecule has 1 unspecified atom stereocenters. The van der Waals surface area contributed by atoms with Gasteiger partial charge in [-0.3, -0.25) is 4.79 Å². The van der Waals surface area contributed by atoms with Crippen LogP contribution in [0.3, 0.4) is 0 Å². The van der Waals surface area contributed by atoms with Crippen molar-refractivity contribution < 1.29 is 13.2 Å². The van der Waals surface area contributed by atoms with Crippen molar-refractivity contribution in [1.82, 2.24) is 4.31 Å². The summed E-state index contributed by atoms with van der Waals surface area (Å²) in [6.45, 7) is 2.50. The summed E-state index contributed by atoms with van der Waals surface area (Å²) < 4.78 is 27.4. The SMILES string of the molecule is Cc1ccc(S(=O)(=O)N2CCCC(C(=O)Nc3ccc(CC#N)cc3)C2)s1. The molecule has 0 spiro atoms. The van der Waals surface area contributed by atoms with Crippen LogP contribution in [-0.4, -0.2) is 31.7 Å². The van der Waals surface area contributed by atoms with Crippen molar-refractivity contribution in [2.24, 2.45) is 5.92 Å². The molecule has 6 nitrogen and oxygen atoms in total. The van der Waals surface area contributed by atoms with Crippen LogP contribution in [0.2, 0.25) is 0 Å². The molecule has 27 heavy (non-hydrogen) atoms. The maximum absolute atomic E-state index is 12.8. The van der Waals surface area contributed by atoms with Gasteiger partial charge in [-0.05, 0) is 49.6 Å². The lowest BCUT2D eigenvalue weighted by Crippen LogP contribution is -2.43. The standard InChI is InChI=1S/C19H21N3O3S2/c1-14-4-9-18(26-14)27(24,25)22-12-2-3-16(13-22)19(23)21-17-7-5-15(6-8-17)10-11-20/h4-9,16H,2-3,10,12-13H2,1H3,(H,21,23). The Hall–Kier alpha value is -2.21. The topological polar surface area (TPSA) is 90.3 Å². The van der Waals surface area contributed by atoms with Gasteiger partial charge in [0.2, 0.25) is 5.91 Å². The fourth-order valence-electron chi connectivity index (χ4n) is 3.09. The van der Waals surface area contributed by atoms with Crippen molar-refractivity contribution in [3.8, 4) is 6.07 Å². The molecule has 1 aromatic heterocycles. The molecule has 1 aliphatic heterocycles. The quantitative estimate of drug-likeness (QED) is 0.830. The van der Waals surface area contributed by atoms with E-state index in [0.29, 0.717) is 35.7 Å². The third-order valence-corrected chi connectivity index (χ3v) is 7.90. The number of hydrogen-bond donors (Lipinski definition) is 1. The van der Waals surface area contributed by atoms with E-state index in [2.05, 4.69) is 11.4 Å². The van der Waals surface area contributed by atoms with E-state index in [-0.39, 0.29) is 18.4 Å². The minimum atomic E-state index is -3.55. The van der Waals surface area contributed by atoms with E-state index in [1.54, 1.807) is 36.4 Å². The van der Waals surface area contributed by atoms with Crippen LogP contribution in [0.4, 0.5) is 5.69 Å². The number of carbonyl (C=O) groups is 1. The highest BCUT2D eigenvalue weighted by molar-refractivity contribution is 7.91. The van der Waals surface area contributed by atoms with Crippen LogP contribution >= 0.6 is 11.3 Å². The molecule has 1 aliphatic rings. The number of benzene rings is 1. The maximum Gasteiger partial charge on any atom is 0.252 e. The van der Waals surface area contributed by atoms with Gasteiger partial charge >= 0.3 is 0 Å². The normalized spacial score (nSPS) is 18.0. The highest BCUT2D eigenvalue weighted by atomic mass is 32.2. The van der Waals surface area contributed by atoms with Crippen LogP contribution in [0.5, 0.6) is 0 Å². The van der Waals surface area contributed by atoms with Gasteiger partial charge in [-0.25, -0.2) is 8.42 Å². The molecule has 2 heterocycles. The van der Waals surface area contributed by atoms with Crippen molar-refractivity contribution in [1.29, 1.82) is 5.26 Å². The lowest BCUT2D eigenvalue weighted by molar-refractivity contribution is -0.120. The molecule has 0 radical (unpaired) electrons. The molecule has 3 rings (SSSR count). The molecular weight excluding hydrogens is 382 g/mol. The van der Waals surface area contributed by atoms with Gasteiger partial charge in [0.25, 0.3) is 10.0 Å². The fourth-order valence-corrected chi connectivity index (χ4v) is 6.06. The third-order valence-electron chi connectivity index (χ3n) is 4.57. The number of anilines is 1. The molecule has 0 bridgehead atoms. The molecule has 1 saturated heterocycles. The second kappa shape index (κ2) is 8.21. The van der Waals surface area contributed by atoms with Crippen LogP contribution in [0.15, 0.2) is 40.6 Å². The molecule has 1 amide bonds. The summed E-state index contributed by atoms with van der Waals surface area (Å²) in [5.41, 5.74) is 1.53. The van der Waals surface area contributed by atoms with Gasteiger partial charge in [-0.15, -0.1) is 11.3 Å². The first-order valence-electron chi connectivity index (χ1n) is 8.73. The summed E-state index contributed by atoms with van der Waals surface area (Å²) in [6.07, 6.45) is 1.64. The lowest BCUT2D eigenvalue weighted by Gasteiger charge is -2.30. The molecule has 8 heteroatoms. The second-order valence-electron chi connectivity index (χ2n) is 6.59. The van der Waals surface area contributed by atoms with Crippen LogP contribution in [0.25, 0.3) is 0 Å². The van der Waals surface area contributed by atoms with E-state index in [1.807, 2.05) is 6.92 Å². The van der Waals surface area contributed by atoms with Gasteiger partial charge in [0.15, 0.2) is 0 Å². The average Bonchev–Trinajstić information content (AvgIpc) is 3.11. The second-order valence-corrected chi connectivity index (χ2v) is 10.0. The highest BCUT2D eigenvalue weighted by Gasteiger charge is 2.34. The molecule has 1 aromatic carbocycles. The summed E-state index contributed by atoms with van der Waals surface area (Å²) >= 11 is 1.25. The third kappa shape index (κ3) is 4.56. The number of piperidine rings is 1. The van der Waals surface area contributed by atoms with Crippen molar-refractivity contribution in [3.05, 3.63) is 46.8 Å². The predicted octanol–water partition coefficient (Wildman–Crippen LogP) is 3.16. The van der Waals surface area contributed by atoms with E-state index in [0.717, 1.165) is 10.4 Å². The van der Waals surface area contributed by atoms with Crippen LogP contribution < -0.4 is 5.32 Å². The molecular formula is C19H21N3O3S2. The number of carbonyl (C=O) groups excluding carboxylic acids is 1. The summed E-state index contributed by atoms with van der Waals surface area (Å²) in [5.74, 6) is -0.557. The smallest absolute Gasteiger partial charge is 0.252 e.